The summed E-state index contributed by atoms with van der Waals surface area (Å²) in [4.78, 5) is 25.1. The molecule has 1 heterocycles. The van der Waals surface area contributed by atoms with Gasteiger partial charge in [-0.2, -0.15) is 0 Å². The van der Waals surface area contributed by atoms with Gasteiger partial charge in [-0.05, 0) is 37.6 Å². The molecule has 1 aromatic rings. The summed E-state index contributed by atoms with van der Waals surface area (Å²) in [6.07, 6.45) is 2.39. The molecule has 23 heavy (non-hydrogen) atoms. The van der Waals surface area contributed by atoms with Gasteiger partial charge in [-0.25, -0.2) is 0 Å². The molecule has 0 aliphatic carbocycles. The van der Waals surface area contributed by atoms with Gasteiger partial charge in [-0.3, -0.25) is 14.5 Å². The van der Waals surface area contributed by atoms with Crippen LogP contribution in [-0.4, -0.2) is 48.1 Å². The molecule has 1 saturated heterocycles. The van der Waals surface area contributed by atoms with Crippen LogP contribution in [0.3, 0.4) is 0 Å². The Bertz CT molecular complexity index is 579. The number of rotatable bonds is 6. The molecule has 1 unspecified atom stereocenters. The third kappa shape index (κ3) is 4.84. The van der Waals surface area contributed by atoms with Gasteiger partial charge in [-0.1, -0.05) is 18.0 Å². The SMILES string of the molecule is COc1ccc(Cl)cc1CNC(=O)CN1CCCCC1C(=O)O. The van der Waals surface area contributed by atoms with Crippen molar-refractivity contribution >= 4 is 23.5 Å². The van der Waals surface area contributed by atoms with Gasteiger partial charge in [0.1, 0.15) is 11.8 Å². The number of ether oxygens (including phenoxy) is 1. The average Bonchev–Trinajstić information content (AvgIpc) is 2.53. The molecule has 2 rings (SSSR count). The van der Waals surface area contributed by atoms with E-state index < -0.39 is 12.0 Å². The number of carbonyl (C=O) groups excluding carboxylic acids is 1. The predicted octanol–water partition coefficient (Wildman–Crippen LogP) is 1.90. The molecular weight excluding hydrogens is 320 g/mol. The summed E-state index contributed by atoms with van der Waals surface area (Å²) in [7, 11) is 1.56. The van der Waals surface area contributed by atoms with Crippen LogP contribution in [0.4, 0.5) is 0 Å². The number of nitrogens with zero attached hydrogens (tertiary/aromatic N) is 1. The zero-order valence-electron chi connectivity index (χ0n) is 13.0. The van der Waals surface area contributed by atoms with Crippen LogP contribution in [0.25, 0.3) is 0 Å². The minimum atomic E-state index is -0.867. The van der Waals surface area contributed by atoms with Crippen LogP contribution in [0.2, 0.25) is 5.02 Å². The summed E-state index contributed by atoms with van der Waals surface area (Å²) in [5.41, 5.74) is 0.779. The number of nitrogens with one attached hydrogen (secondary N) is 1. The monoisotopic (exact) mass is 340 g/mol. The van der Waals surface area contributed by atoms with Gasteiger partial charge in [0.05, 0.1) is 13.7 Å². The second-order valence-corrected chi connectivity index (χ2v) is 5.99. The van der Waals surface area contributed by atoms with Crippen molar-refractivity contribution in [3.63, 3.8) is 0 Å². The molecule has 1 aliphatic heterocycles. The normalized spacial score (nSPS) is 18.4. The van der Waals surface area contributed by atoms with E-state index in [0.29, 0.717) is 23.7 Å². The Morgan fingerprint density at radius 1 is 1.43 bits per heavy atom. The topological polar surface area (TPSA) is 78.9 Å². The Morgan fingerprint density at radius 3 is 2.91 bits per heavy atom. The van der Waals surface area contributed by atoms with Gasteiger partial charge in [-0.15, -0.1) is 0 Å². The van der Waals surface area contributed by atoms with Crippen molar-refractivity contribution < 1.29 is 19.4 Å². The van der Waals surface area contributed by atoms with Gasteiger partial charge in [0.25, 0.3) is 0 Å². The third-order valence-corrected chi connectivity index (χ3v) is 4.20. The van der Waals surface area contributed by atoms with Crippen molar-refractivity contribution in [1.82, 2.24) is 10.2 Å². The lowest BCUT2D eigenvalue weighted by molar-refractivity contribution is -0.145. The molecule has 1 aliphatic rings. The molecule has 7 heteroatoms. The second-order valence-electron chi connectivity index (χ2n) is 5.55. The van der Waals surface area contributed by atoms with Crippen molar-refractivity contribution in [2.45, 2.75) is 31.8 Å². The van der Waals surface area contributed by atoms with Gasteiger partial charge in [0, 0.05) is 17.1 Å². The lowest BCUT2D eigenvalue weighted by Gasteiger charge is -2.32. The van der Waals surface area contributed by atoms with Crippen LogP contribution in [-0.2, 0) is 16.1 Å². The number of hydrogen-bond acceptors (Lipinski definition) is 4. The van der Waals surface area contributed by atoms with E-state index in [0.717, 1.165) is 18.4 Å². The molecule has 2 N–H and O–H groups in total. The Hall–Kier alpha value is -1.79. The van der Waals surface area contributed by atoms with Crippen molar-refractivity contribution in [2.24, 2.45) is 0 Å². The van der Waals surface area contributed by atoms with E-state index in [1.165, 1.54) is 0 Å². The highest BCUT2D eigenvalue weighted by Gasteiger charge is 2.29. The van der Waals surface area contributed by atoms with Crippen molar-refractivity contribution in [1.29, 1.82) is 0 Å². The van der Waals surface area contributed by atoms with E-state index in [1.807, 2.05) is 0 Å². The smallest absolute Gasteiger partial charge is 0.320 e. The van der Waals surface area contributed by atoms with E-state index in [-0.39, 0.29) is 19.0 Å². The van der Waals surface area contributed by atoms with E-state index in [9.17, 15) is 14.7 Å². The average molecular weight is 341 g/mol. The first-order valence-electron chi connectivity index (χ1n) is 7.57. The highest BCUT2D eigenvalue weighted by Crippen LogP contribution is 2.22. The number of piperidine rings is 1. The van der Waals surface area contributed by atoms with Crippen LogP contribution in [0, 0.1) is 0 Å². The molecule has 1 aromatic carbocycles. The molecule has 1 atom stereocenters. The highest BCUT2D eigenvalue weighted by atomic mass is 35.5. The number of benzene rings is 1. The summed E-state index contributed by atoms with van der Waals surface area (Å²) in [5, 5.41) is 12.6. The Labute approximate surface area is 140 Å². The van der Waals surface area contributed by atoms with Crippen molar-refractivity contribution in [2.75, 3.05) is 20.2 Å². The fourth-order valence-electron chi connectivity index (χ4n) is 2.78. The minimum Gasteiger partial charge on any atom is -0.496 e. The van der Waals surface area contributed by atoms with Crippen LogP contribution in [0.1, 0.15) is 24.8 Å². The van der Waals surface area contributed by atoms with Crippen LogP contribution in [0.15, 0.2) is 18.2 Å². The first kappa shape index (κ1) is 17.6. The highest BCUT2D eigenvalue weighted by molar-refractivity contribution is 6.30. The summed E-state index contributed by atoms with van der Waals surface area (Å²) < 4.78 is 5.23. The van der Waals surface area contributed by atoms with Gasteiger partial charge in [0.15, 0.2) is 0 Å². The fraction of sp³-hybridized carbons (Fsp3) is 0.500. The molecule has 0 spiro atoms. The molecule has 1 amide bonds. The Morgan fingerprint density at radius 2 is 2.22 bits per heavy atom. The van der Waals surface area contributed by atoms with Crippen molar-refractivity contribution in [3.8, 4) is 5.75 Å². The molecule has 126 valence electrons. The van der Waals surface area contributed by atoms with Crippen molar-refractivity contribution in [3.05, 3.63) is 28.8 Å². The number of methoxy groups -OCH3 is 1. The number of carboxylic acid groups (broad SMARTS) is 1. The standard InChI is InChI=1S/C16H21ClN2O4/c1-23-14-6-5-12(17)8-11(14)9-18-15(20)10-19-7-3-2-4-13(19)16(21)22/h5-6,8,13H,2-4,7,9-10H2,1H3,(H,18,20)(H,21,22). The first-order valence-corrected chi connectivity index (χ1v) is 7.95. The van der Waals surface area contributed by atoms with Gasteiger partial charge >= 0.3 is 5.97 Å². The van der Waals surface area contributed by atoms with Gasteiger partial charge < -0.3 is 15.2 Å². The lowest BCUT2D eigenvalue weighted by Crippen LogP contribution is -2.48. The number of aliphatic carboxylic acids is 1. The largest absolute Gasteiger partial charge is 0.496 e. The zero-order valence-corrected chi connectivity index (χ0v) is 13.8. The maximum Gasteiger partial charge on any atom is 0.320 e. The maximum absolute atomic E-state index is 12.1. The molecule has 0 radical (unpaired) electrons. The molecule has 1 fully saturated rings. The van der Waals surface area contributed by atoms with E-state index in [1.54, 1.807) is 30.2 Å². The fourth-order valence-corrected chi connectivity index (χ4v) is 2.97. The third-order valence-electron chi connectivity index (χ3n) is 3.96. The van der Waals surface area contributed by atoms with Crippen LogP contribution < -0.4 is 10.1 Å². The van der Waals surface area contributed by atoms with Gasteiger partial charge in [0.2, 0.25) is 5.91 Å². The second kappa shape index (κ2) is 8.17. The summed E-state index contributed by atoms with van der Waals surface area (Å²) in [5.74, 6) is -0.426. The van der Waals surface area contributed by atoms with Crippen LogP contribution in [0.5, 0.6) is 5.75 Å². The number of carboxylic acids is 1. The number of likely N-dealkylation sites (tertiary alicyclic amines) is 1. The molecule has 6 nitrogen and oxygen atoms in total. The van der Waals surface area contributed by atoms with E-state index >= 15 is 0 Å². The maximum atomic E-state index is 12.1. The lowest BCUT2D eigenvalue weighted by atomic mass is 10.0. The number of halogens is 1. The number of carbonyl (C=O) groups is 2. The summed E-state index contributed by atoms with van der Waals surface area (Å²) >= 11 is 5.96. The zero-order chi connectivity index (χ0) is 16.8. The van der Waals surface area contributed by atoms with E-state index in [2.05, 4.69) is 5.32 Å². The summed E-state index contributed by atoms with van der Waals surface area (Å²) in [6.45, 7) is 0.999. The quantitative estimate of drug-likeness (QED) is 0.827. The number of amides is 1. The minimum absolute atomic E-state index is 0.0832. The molecule has 0 saturated carbocycles. The molecule has 0 aromatic heterocycles. The molecule has 0 bridgehead atoms. The Balaban J connectivity index is 1.92. The Kier molecular flexibility index (Phi) is 6.24. The summed E-state index contributed by atoms with van der Waals surface area (Å²) in [6, 6.07) is 4.63. The van der Waals surface area contributed by atoms with Crippen LogP contribution >= 0.6 is 11.6 Å². The van der Waals surface area contributed by atoms with E-state index in [4.69, 9.17) is 16.3 Å². The first-order chi connectivity index (χ1) is 11.0. The predicted molar refractivity (Wildman–Crippen MR) is 86.7 cm³/mol. The number of hydrogen-bond donors (Lipinski definition) is 2. The molecular formula is C16H21ClN2O4.